The Bertz CT molecular complexity index is 1780. The third-order valence-corrected chi connectivity index (χ3v) is 6.46. The maximum Gasteiger partial charge on any atom is 0.263 e. The van der Waals surface area contributed by atoms with Gasteiger partial charge in [-0.05, 0) is 49.1 Å². The first-order chi connectivity index (χ1) is 18.9. The number of hydrogen-bond donors (Lipinski definition) is 1. The summed E-state index contributed by atoms with van der Waals surface area (Å²) in [6, 6.07) is 20.7. The molecule has 0 aliphatic carbocycles. The smallest absolute Gasteiger partial charge is 0.263 e. The fourth-order valence-electron chi connectivity index (χ4n) is 4.60. The number of pyridine rings is 2. The Balaban J connectivity index is 1.74. The van der Waals surface area contributed by atoms with Crippen LogP contribution in [0.15, 0.2) is 77.9 Å². The van der Waals surface area contributed by atoms with Crippen LogP contribution in [0.2, 0.25) is 0 Å². The van der Waals surface area contributed by atoms with E-state index in [1.165, 1.54) is 13.3 Å². The number of methoxy groups -OCH3 is 2. The first-order valence-electron chi connectivity index (χ1n) is 12.3. The van der Waals surface area contributed by atoms with Crippen LogP contribution in [0.1, 0.15) is 30.0 Å². The van der Waals surface area contributed by atoms with Crippen LogP contribution in [0.5, 0.6) is 11.6 Å². The molecule has 9 heteroatoms. The van der Waals surface area contributed by atoms with Crippen LogP contribution >= 0.6 is 0 Å². The molecule has 9 nitrogen and oxygen atoms in total. The molecule has 1 atom stereocenters. The first kappa shape index (κ1) is 25.4. The number of nitrogens with zero attached hydrogens (tertiary/aromatic N) is 5. The predicted molar refractivity (Wildman–Crippen MR) is 149 cm³/mol. The number of benzene rings is 2. The summed E-state index contributed by atoms with van der Waals surface area (Å²) < 4.78 is 12.4. The molecule has 2 aromatic carbocycles. The Morgan fingerprint density at radius 1 is 1.00 bits per heavy atom. The summed E-state index contributed by atoms with van der Waals surface area (Å²) in [6.45, 7) is 3.69. The minimum atomic E-state index is -0.380. The lowest BCUT2D eigenvalue weighted by Gasteiger charge is -2.22. The van der Waals surface area contributed by atoms with Crippen molar-refractivity contribution in [1.82, 2.24) is 19.5 Å². The number of ether oxygens (including phenoxy) is 2. The molecule has 1 N–H and O–H groups in total. The average molecular weight is 519 g/mol. The number of aryl methyl sites for hydroxylation is 1. The SMILES string of the molecule is COc1cc(-c2cccc3cc([C@H](C)Nc4nc(C)ncc4C#N)n(-c4ccccc4)c(=O)c23)cnc1OC. The Labute approximate surface area is 225 Å². The zero-order chi connectivity index (χ0) is 27.5. The molecule has 0 saturated carbocycles. The maximum atomic E-state index is 14.3. The molecule has 3 heterocycles. The van der Waals surface area contributed by atoms with Crippen molar-refractivity contribution in [2.75, 3.05) is 19.5 Å². The minimum absolute atomic E-state index is 0.188. The van der Waals surface area contributed by atoms with Crippen LogP contribution in [-0.4, -0.2) is 33.7 Å². The molecule has 0 aliphatic heterocycles. The van der Waals surface area contributed by atoms with Gasteiger partial charge in [0.05, 0.1) is 31.8 Å². The monoisotopic (exact) mass is 518 g/mol. The molecule has 3 aromatic heterocycles. The molecule has 0 bridgehead atoms. The van der Waals surface area contributed by atoms with E-state index in [0.29, 0.717) is 45.6 Å². The molecule has 5 rings (SSSR count). The molecule has 0 aliphatic rings. The quantitative estimate of drug-likeness (QED) is 0.312. The number of anilines is 1. The van der Waals surface area contributed by atoms with Crippen LogP contribution < -0.4 is 20.3 Å². The second-order valence-electron chi connectivity index (χ2n) is 8.91. The van der Waals surface area contributed by atoms with Gasteiger partial charge in [-0.25, -0.2) is 15.0 Å². The highest BCUT2D eigenvalue weighted by Gasteiger charge is 2.20. The van der Waals surface area contributed by atoms with Gasteiger partial charge in [-0.15, -0.1) is 0 Å². The van der Waals surface area contributed by atoms with Crippen molar-refractivity contribution in [3.05, 3.63) is 100 Å². The highest BCUT2D eigenvalue weighted by molar-refractivity contribution is 5.96. The van der Waals surface area contributed by atoms with Gasteiger partial charge in [0, 0.05) is 23.1 Å². The Morgan fingerprint density at radius 3 is 2.51 bits per heavy atom. The van der Waals surface area contributed by atoms with Crippen molar-refractivity contribution in [1.29, 1.82) is 5.26 Å². The van der Waals surface area contributed by atoms with E-state index in [9.17, 15) is 10.1 Å². The van der Waals surface area contributed by atoms with Gasteiger partial charge >= 0.3 is 0 Å². The van der Waals surface area contributed by atoms with Crippen molar-refractivity contribution in [3.63, 3.8) is 0 Å². The summed E-state index contributed by atoms with van der Waals surface area (Å²) in [6.07, 6.45) is 3.16. The fraction of sp³-hybridized carbons (Fsp3) is 0.167. The topological polar surface area (TPSA) is 115 Å². The Hall–Kier alpha value is -5.23. The molecule has 0 spiro atoms. The Kier molecular flexibility index (Phi) is 6.93. The van der Waals surface area contributed by atoms with Crippen LogP contribution in [0.25, 0.3) is 27.6 Å². The van der Waals surface area contributed by atoms with Crippen molar-refractivity contribution in [2.45, 2.75) is 19.9 Å². The first-order valence-corrected chi connectivity index (χ1v) is 12.3. The largest absolute Gasteiger partial charge is 0.491 e. The van der Waals surface area contributed by atoms with Gasteiger partial charge < -0.3 is 14.8 Å². The number of nitrogens with one attached hydrogen (secondary N) is 1. The third-order valence-electron chi connectivity index (χ3n) is 6.46. The number of fused-ring (bicyclic) bond motifs is 1. The average Bonchev–Trinajstić information content (AvgIpc) is 2.96. The summed E-state index contributed by atoms with van der Waals surface area (Å²) in [4.78, 5) is 27.3. The van der Waals surface area contributed by atoms with Crippen LogP contribution in [0.4, 0.5) is 5.82 Å². The zero-order valence-electron chi connectivity index (χ0n) is 22.0. The molecule has 0 amide bonds. The highest BCUT2D eigenvalue weighted by atomic mass is 16.5. The van der Waals surface area contributed by atoms with Gasteiger partial charge in [0.15, 0.2) is 5.75 Å². The summed E-state index contributed by atoms with van der Waals surface area (Å²) in [5.41, 5.74) is 3.01. The van der Waals surface area contributed by atoms with E-state index >= 15 is 0 Å². The van der Waals surface area contributed by atoms with Crippen molar-refractivity contribution in [3.8, 4) is 34.5 Å². The second-order valence-corrected chi connectivity index (χ2v) is 8.91. The van der Waals surface area contributed by atoms with E-state index in [-0.39, 0.29) is 11.6 Å². The number of aromatic nitrogens is 4. The molecule has 0 saturated heterocycles. The van der Waals surface area contributed by atoms with Crippen LogP contribution in [-0.2, 0) is 0 Å². The fourth-order valence-corrected chi connectivity index (χ4v) is 4.60. The lowest BCUT2D eigenvalue weighted by Crippen LogP contribution is -2.26. The normalized spacial score (nSPS) is 11.6. The summed E-state index contributed by atoms with van der Waals surface area (Å²) in [7, 11) is 3.08. The lowest BCUT2D eigenvalue weighted by atomic mass is 9.98. The van der Waals surface area contributed by atoms with E-state index in [0.717, 1.165) is 16.5 Å². The van der Waals surface area contributed by atoms with Crippen LogP contribution in [0.3, 0.4) is 0 Å². The second kappa shape index (κ2) is 10.6. The summed E-state index contributed by atoms with van der Waals surface area (Å²) in [5.74, 6) is 1.78. The Morgan fingerprint density at radius 2 is 1.79 bits per heavy atom. The van der Waals surface area contributed by atoms with E-state index in [1.54, 1.807) is 24.8 Å². The maximum absolute atomic E-state index is 14.3. The number of hydrogen-bond acceptors (Lipinski definition) is 8. The van der Waals surface area contributed by atoms with Crippen molar-refractivity contribution in [2.24, 2.45) is 0 Å². The van der Waals surface area contributed by atoms with Gasteiger partial charge in [-0.2, -0.15) is 5.26 Å². The van der Waals surface area contributed by atoms with E-state index < -0.39 is 0 Å². The highest BCUT2D eigenvalue weighted by Crippen LogP contribution is 2.34. The molecule has 0 radical (unpaired) electrons. The van der Waals surface area contributed by atoms with Crippen molar-refractivity contribution >= 4 is 16.6 Å². The molecule has 0 unspecified atom stereocenters. The summed E-state index contributed by atoms with van der Waals surface area (Å²) in [5, 5.41) is 14.2. The molecule has 194 valence electrons. The van der Waals surface area contributed by atoms with Gasteiger partial charge in [0.1, 0.15) is 23.3 Å². The van der Waals surface area contributed by atoms with Gasteiger partial charge in [-0.3, -0.25) is 9.36 Å². The van der Waals surface area contributed by atoms with E-state index in [2.05, 4.69) is 26.3 Å². The standard InChI is InChI=1S/C30H26N6O3/c1-18(34-28-22(15-31)17-32-19(2)35-28)25-13-20-9-8-12-24(21-14-26(38-3)29(39-4)33-16-21)27(20)30(37)36(25)23-10-6-5-7-11-23/h5-14,16-18H,1-4H3,(H,32,34,35)/t18-/m0/s1. The lowest BCUT2D eigenvalue weighted by molar-refractivity contribution is 0.343. The summed E-state index contributed by atoms with van der Waals surface area (Å²) >= 11 is 0. The third kappa shape index (κ3) is 4.76. The van der Waals surface area contributed by atoms with Gasteiger partial charge in [0.2, 0.25) is 0 Å². The molecule has 5 aromatic rings. The van der Waals surface area contributed by atoms with E-state index in [4.69, 9.17) is 9.47 Å². The molecule has 39 heavy (non-hydrogen) atoms. The van der Waals surface area contributed by atoms with Crippen molar-refractivity contribution < 1.29 is 9.47 Å². The number of nitriles is 1. The van der Waals surface area contributed by atoms with Gasteiger partial charge in [0.25, 0.3) is 11.4 Å². The molecular weight excluding hydrogens is 492 g/mol. The number of rotatable bonds is 7. The van der Waals surface area contributed by atoms with Crippen LogP contribution in [0, 0.1) is 18.3 Å². The number of para-hydroxylation sites is 1. The molecule has 0 fully saturated rings. The molecular formula is C30H26N6O3. The minimum Gasteiger partial charge on any atom is -0.491 e. The van der Waals surface area contributed by atoms with Gasteiger partial charge in [-0.1, -0.05) is 36.4 Å². The predicted octanol–water partition coefficient (Wildman–Crippen LogP) is 5.21. The zero-order valence-corrected chi connectivity index (χ0v) is 22.0. The van der Waals surface area contributed by atoms with E-state index in [1.807, 2.05) is 67.6 Å².